The van der Waals surface area contributed by atoms with Crippen LogP contribution < -0.4 is 5.14 Å². The van der Waals surface area contributed by atoms with Crippen LogP contribution in [0.5, 0.6) is 0 Å². The van der Waals surface area contributed by atoms with Gasteiger partial charge in [-0.3, -0.25) is 19.5 Å². The summed E-state index contributed by atoms with van der Waals surface area (Å²) in [5, 5.41) is 4.19. The number of ether oxygens (including phenoxy) is 2. The molecule has 2 rings (SSSR count). The third-order valence-corrected chi connectivity index (χ3v) is 3.88. The van der Waals surface area contributed by atoms with Crippen molar-refractivity contribution in [2.45, 2.75) is 25.7 Å². The predicted octanol–water partition coefficient (Wildman–Crippen LogP) is 0.0244. The van der Waals surface area contributed by atoms with Crippen molar-refractivity contribution in [3.63, 3.8) is 0 Å². The summed E-state index contributed by atoms with van der Waals surface area (Å²) in [6, 6.07) is 0. The molecule has 3 atom stereocenters. The highest BCUT2D eigenvalue weighted by Gasteiger charge is 2.54. The van der Waals surface area contributed by atoms with Gasteiger partial charge >= 0.3 is 17.9 Å². The molecule has 1 saturated heterocycles. The number of esters is 3. The van der Waals surface area contributed by atoms with Crippen molar-refractivity contribution >= 4 is 37.0 Å². The summed E-state index contributed by atoms with van der Waals surface area (Å²) >= 11 is 3.03. The second kappa shape index (κ2) is 6.85. The van der Waals surface area contributed by atoms with Gasteiger partial charge in [0.1, 0.15) is 6.29 Å². The fourth-order valence-electron chi connectivity index (χ4n) is 2.87. The van der Waals surface area contributed by atoms with Gasteiger partial charge in [-0.15, -0.1) is 12.8 Å². The summed E-state index contributed by atoms with van der Waals surface area (Å²) < 4.78 is 9.20. The van der Waals surface area contributed by atoms with Crippen molar-refractivity contribution in [3.05, 3.63) is 0 Å². The average Bonchev–Trinajstić information content (AvgIpc) is 2.74. The SMILES string of the molecule is COC(=O)C1CCC2(CC(=O)OC2=O)CC1C=O.NS. The second-order valence-corrected chi connectivity index (χ2v) is 4.89. The predicted molar refractivity (Wildman–Crippen MR) is 70.2 cm³/mol. The first-order valence-corrected chi connectivity index (χ1v) is 6.58. The lowest BCUT2D eigenvalue weighted by atomic mass is 9.65. The molecule has 2 N–H and O–H groups in total. The Morgan fingerprint density at radius 1 is 1.50 bits per heavy atom. The zero-order valence-electron chi connectivity index (χ0n) is 11.0. The van der Waals surface area contributed by atoms with E-state index in [9.17, 15) is 19.2 Å². The number of cyclic esters (lactones) is 2. The molecule has 0 aromatic carbocycles. The molecule has 0 aromatic heterocycles. The van der Waals surface area contributed by atoms with Gasteiger partial charge in [-0.2, -0.15) is 0 Å². The normalized spacial score (nSPS) is 32.1. The fraction of sp³-hybridized carbons (Fsp3) is 0.667. The largest absolute Gasteiger partial charge is 0.469 e. The molecule has 112 valence electrons. The average molecular weight is 303 g/mol. The lowest BCUT2D eigenvalue weighted by Gasteiger charge is -2.35. The maximum atomic E-state index is 11.7. The highest BCUT2D eigenvalue weighted by Crippen LogP contribution is 2.48. The first-order chi connectivity index (χ1) is 9.52. The van der Waals surface area contributed by atoms with Crippen molar-refractivity contribution in [1.29, 1.82) is 0 Å². The van der Waals surface area contributed by atoms with E-state index in [0.29, 0.717) is 19.1 Å². The lowest BCUT2D eigenvalue weighted by molar-refractivity contribution is -0.160. The Kier molecular flexibility index (Phi) is 5.70. The molecule has 2 aliphatic rings. The molecule has 1 aliphatic heterocycles. The van der Waals surface area contributed by atoms with Crippen LogP contribution in [-0.2, 0) is 28.7 Å². The zero-order valence-corrected chi connectivity index (χ0v) is 11.9. The summed E-state index contributed by atoms with van der Waals surface area (Å²) in [5.74, 6) is -2.69. The van der Waals surface area contributed by atoms with Crippen LogP contribution in [0.1, 0.15) is 25.7 Å². The molecule has 1 aliphatic carbocycles. The molecule has 8 heteroatoms. The number of carbonyl (C=O) groups is 4. The second-order valence-electron chi connectivity index (χ2n) is 4.89. The van der Waals surface area contributed by atoms with E-state index in [4.69, 9.17) is 0 Å². The van der Waals surface area contributed by atoms with Crippen molar-refractivity contribution in [1.82, 2.24) is 0 Å². The summed E-state index contributed by atoms with van der Waals surface area (Å²) in [7, 11) is 1.27. The van der Waals surface area contributed by atoms with Gasteiger partial charge in [0.25, 0.3) is 0 Å². The van der Waals surface area contributed by atoms with E-state index in [-0.39, 0.29) is 12.8 Å². The number of methoxy groups -OCH3 is 1. The summed E-state index contributed by atoms with van der Waals surface area (Å²) in [6.07, 6.45) is 1.59. The lowest BCUT2D eigenvalue weighted by Crippen LogP contribution is -2.40. The third-order valence-electron chi connectivity index (χ3n) is 3.88. The Bertz CT molecular complexity index is 426. The number of carbonyl (C=O) groups excluding carboxylic acids is 4. The zero-order chi connectivity index (χ0) is 15.3. The molecular weight excluding hydrogens is 286 g/mol. The van der Waals surface area contributed by atoms with Gasteiger partial charge in [0.05, 0.1) is 24.9 Å². The van der Waals surface area contributed by atoms with E-state index in [2.05, 4.69) is 27.4 Å². The standard InChI is InChI=1S/C12H14O6.H3NS/c1-17-10(15)8-2-3-12(4-7(8)6-13)5-9(14)18-11(12)16;1-2/h6-8H,2-5H2,1H3;2H,1H2. The number of thiol groups is 1. The van der Waals surface area contributed by atoms with E-state index in [1.807, 2.05) is 0 Å². The minimum absolute atomic E-state index is 0.00403. The van der Waals surface area contributed by atoms with Crippen molar-refractivity contribution in [2.24, 2.45) is 22.4 Å². The Morgan fingerprint density at radius 2 is 2.15 bits per heavy atom. The van der Waals surface area contributed by atoms with Crippen LogP contribution in [0.4, 0.5) is 0 Å². The van der Waals surface area contributed by atoms with Crippen LogP contribution in [-0.4, -0.2) is 31.3 Å². The Labute approximate surface area is 121 Å². The molecule has 0 amide bonds. The maximum Gasteiger partial charge on any atom is 0.320 e. The molecule has 1 heterocycles. The summed E-state index contributed by atoms with van der Waals surface area (Å²) in [6.45, 7) is 0. The van der Waals surface area contributed by atoms with Crippen LogP contribution in [0.15, 0.2) is 0 Å². The van der Waals surface area contributed by atoms with Crippen molar-refractivity contribution in [2.75, 3.05) is 7.11 Å². The monoisotopic (exact) mass is 303 g/mol. The van der Waals surface area contributed by atoms with Gasteiger partial charge in [-0.25, -0.2) is 0 Å². The molecule has 7 nitrogen and oxygen atoms in total. The molecule has 0 aromatic rings. The van der Waals surface area contributed by atoms with E-state index in [0.717, 1.165) is 0 Å². The molecule has 1 saturated carbocycles. The van der Waals surface area contributed by atoms with Gasteiger partial charge in [-0.05, 0) is 19.3 Å². The van der Waals surface area contributed by atoms with Gasteiger partial charge in [0.15, 0.2) is 0 Å². The molecule has 20 heavy (non-hydrogen) atoms. The van der Waals surface area contributed by atoms with Crippen LogP contribution in [0.2, 0.25) is 0 Å². The van der Waals surface area contributed by atoms with E-state index >= 15 is 0 Å². The van der Waals surface area contributed by atoms with Gasteiger partial charge < -0.3 is 14.3 Å². The topological polar surface area (TPSA) is 113 Å². The van der Waals surface area contributed by atoms with Crippen LogP contribution >= 0.6 is 12.8 Å². The summed E-state index contributed by atoms with van der Waals surface area (Å²) in [4.78, 5) is 45.5. The number of aldehydes is 1. The third kappa shape index (κ3) is 3.01. The molecule has 3 unspecified atom stereocenters. The first kappa shape index (κ1) is 16.6. The number of hydrogen-bond acceptors (Lipinski definition) is 8. The molecule has 0 bridgehead atoms. The molecular formula is C12H17NO6S. The number of nitrogens with two attached hydrogens (primary N) is 1. The minimum Gasteiger partial charge on any atom is -0.469 e. The maximum absolute atomic E-state index is 11.7. The van der Waals surface area contributed by atoms with Gasteiger partial charge in [-0.1, -0.05) is 0 Å². The van der Waals surface area contributed by atoms with Crippen LogP contribution in [0.25, 0.3) is 0 Å². The minimum atomic E-state index is -0.910. The van der Waals surface area contributed by atoms with Crippen LogP contribution in [0, 0.1) is 17.3 Å². The fourth-order valence-corrected chi connectivity index (χ4v) is 2.87. The Balaban J connectivity index is 0.000000956. The molecule has 0 radical (unpaired) electrons. The molecule has 1 spiro atoms. The Morgan fingerprint density at radius 3 is 2.60 bits per heavy atom. The van der Waals surface area contributed by atoms with Crippen molar-refractivity contribution in [3.8, 4) is 0 Å². The Hall–Kier alpha value is -1.41. The number of rotatable bonds is 2. The number of hydrogen-bond donors (Lipinski definition) is 2. The highest BCUT2D eigenvalue weighted by atomic mass is 32.1. The molecule has 2 fully saturated rings. The van der Waals surface area contributed by atoms with Crippen LogP contribution in [0.3, 0.4) is 0 Å². The smallest absolute Gasteiger partial charge is 0.320 e. The van der Waals surface area contributed by atoms with E-state index in [1.54, 1.807) is 0 Å². The quantitative estimate of drug-likeness (QED) is 0.320. The van der Waals surface area contributed by atoms with Gasteiger partial charge in [0.2, 0.25) is 0 Å². The first-order valence-electron chi connectivity index (χ1n) is 6.06. The van der Waals surface area contributed by atoms with Gasteiger partial charge in [0, 0.05) is 5.92 Å². The summed E-state index contributed by atoms with van der Waals surface area (Å²) in [5.41, 5.74) is -0.910. The van der Waals surface area contributed by atoms with E-state index < -0.39 is 35.2 Å². The highest BCUT2D eigenvalue weighted by molar-refractivity contribution is 7.77. The van der Waals surface area contributed by atoms with Crippen molar-refractivity contribution < 1.29 is 28.7 Å². The van der Waals surface area contributed by atoms with E-state index in [1.165, 1.54) is 7.11 Å².